The van der Waals surface area contributed by atoms with Crippen molar-refractivity contribution in [2.75, 3.05) is 13.3 Å². The standard InChI is InChI=1S/C37H33FN2O6S/c1-2-3-23-46-31-16-18-32(19-17-31)47(44,45)33-20-21-34(35(38)25-33)36(41)40(26-29-13-8-5-9-14-29)22-10-15-30(39(27-40)37(42)43)24-28-11-6-4-7-12-28/h4-14,16-22,25,30H,15,23-24,26-27H2,1H3/p+1. The fourth-order valence-corrected chi connectivity index (χ4v) is 6.88. The van der Waals surface area contributed by atoms with Gasteiger partial charge < -0.3 is 9.84 Å². The highest BCUT2D eigenvalue weighted by atomic mass is 32.2. The Morgan fingerprint density at radius 3 is 2.19 bits per heavy atom. The minimum absolute atomic E-state index is 0.0513. The van der Waals surface area contributed by atoms with Gasteiger partial charge in [0.05, 0.1) is 9.79 Å². The first-order chi connectivity index (χ1) is 22.6. The Morgan fingerprint density at radius 1 is 0.936 bits per heavy atom. The van der Waals surface area contributed by atoms with E-state index in [0.717, 1.165) is 23.3 Å². The number of benzene rings is 4. The molecule has 0 radical (unpaired) electrons. The minimum Gasteiger partial charge on any atom is -0.481 e. The Labute approximate surface area is 273 Å². The summed E-state index contributed by atoms with van der Waals surface area (Å²) in [5.74, 6) is 4.16. The zero-order valence-electron chi connectivity index (χ0n) is 25.8. The summed E-state index contributed by atoms with van der Waals surface area (Å²) < 4.78 is 47.6. The first kappa shape index (κ1) is 33.1. The number of sulfone groups is 1. The van der Waals surface area contributed by atoms with Crippen LogP contribution in [0.3, 0.4) is 0 Å². The molecule has 0 aliphatic carbocycles. The molecule has 1 aliphatic rings. The van der Waals surface area contributed by atoms with Crippen molar-refractivity contribution < 1.29 is 36.7 Å². The van der Waals surface area contributed by atoms with Crippen molar-refractivity contribution in [3.05, 3.63) is 138 Å². The molecule has 0 fully saturated rings. The van der Waals surface area contributed by atoms with Gasteiger partial charge in [0, 0.05) is 11.6 Å². The molecule has 0 spiro atoms. The van der Waals surface area contributed by atoms with Crippen LogP contribution in [0.2, 0.25) is 0 Å². The fourth-order valence-electron chi connectivity index (χ4n) is 5.61. The highest BCUT2D eigenvalue weighted by Crippen LogP contribution is 2.31. The third-order valence-corrected chi connectivity index (χ3v) is 9.79. The number of nitrogens with zero attached hydrogens (tertiary/aromatic N) is 2. The SMILES string of the molecule is CC#CCOc1ccc(S(=O)(=O)c2ccc(C(=O)[N+]3(Cc4ccccc4)C=CCC(Cc4ccccc4)N(C(=O)O)C3)c(F)c2)cc1. The molecule has 0 saturated heterocycles. The van der Waals surface area contributed by atoms with Crippen LogP contribution >= 0.6 is 0 Å². The average Bonchev–Trinajstić information content (AvgIpc) is 3.26. The number of rotatable bonds is 9. The number of hydrogen-bond donors (Lipinski definition) is 1. The summed E-state index contributed by atoms with van der Waals surface area (Å²) in [5, 5.41) is 10.3. The number of ether oxygens (including phenoxy) is 1. The normalized spacial score (nSPS) is 17.7. The van der Waals surface area contributed by atoms with Crippen molar-refractivity contribution in [2.45, 2.75) is 42.1 Å². The van der Waals surface area contributed by atoms with Gasteiger partial charge in [-0.05, 0) is 73.9 Å². The Balaban J connectivity index is 1.48. The van der Waals surface area contributed by atoms with Crippen molar-refractivity contribution in [1.29, 1.82) is 0 Å². The van der Waals surface area contributed by atoms with Gasteiger partial charge in [-0.25, -0.2) is 26.9 Å². The van der Waals surface area contributed by atoms with Gasteiger partial charge in [-0.3, -0.25) is 4.90 Å². The summed E-state index contributed by atoms with van der Waals surface area (Å²) in [4.78, 5) is 27.9. The molecule has 5 rings (SSSR count). The molecular formula is C37H34FN2O6S+. The van der Waals surface area contributed by atoms with Crippen LogP contribution in [-0.4, -0.2) is 54.2 Å². The third kappa shape index (κ3) is 7.60. The number of hydrogen-bond acceptors (Lipinski definition) is 5. The largest absolute Gasteiger partial charge is 0.481 e. The lowest BCUT2D eigenvalue weighted by Crippen LogP contribution is -2.56. The molecule has 2 atom stereocenters. The Bertz CT molecular complexity index is 1940. The number of carbonyl (C=O) groups is 2. The van der Waals surface area contributed by atoms with Gasteiger partial charge in [0.2, 0.25) is 9.84 Å². The lowest BCUT2D eigenvalue weighted by Gasteiger charge is -2.36. The predicted molar refractivity (Wildman–Crippen MR) is 174 cm³/mol. The summed E-state index contributed by atoms with van der Waals surface area (Å²) in [6, 6.07) is 27.0. The van der Waals surface area contributed by atoms with E-state index in [9.17, 15) is 23.1 Å². The second kappa shape index (κ2) is 14.5. The molecule has 2 unspecified atom stereocenters. The maximum atomic E-state index is 15.9. The highest BCUT2D eigenvalue weighted by molar-refractivity contribution is 7.91. The molecule has 8 nitrogen and oxygen atoms in total. The number of amides is 2. The Hall–Kier alpha value is -5.24. The van der Waals surface area contributed by atoms with E-state index >= 15 is 4.39 Å². The van der Waals surface area contributed by atoms with E-state index in [0.29, 0.717) is 18.6 Å². The summed E-state index contributed by atoms with van der Waals surface area (Å²) in [6.45, 7) is 1.62. The van der Waals surface area contributed by atoms with E-state index in [4.69, 9.17) is 4.74 Å². The molecule has 0 bridgehead atoms. The Kier molecular flexibility index (Phi) is 10.2. The zero-order chi connectivity index (χ0) is 33.4. The van der Waals surface area contributed by atoms with Crippen molar-refractivity contribution in [3.8, 4) is 17.6 Å². The molecule has 2 amide bonds. The smallest absolute Gasteiger partial charge is 0.411 e. The second-order valence-corrected chi connectivity index (χ2v) is 13.1. The number of halogens is 1. The topological polar surface area (TPSA) is 101 Å². The maximum Gasteiger partial charge on any atom is 0.411 e. The lowest BCUT2D eigenvalue weighted by atomic mass is 10.0. The molecule has 10 heteroatoms. The number of carbonyl (C=O) groups excluding carboxylic acids is 1. The Morgan fingerprint density at radius 2 is 1.57 bits per heavy atom. The van der Waals surface area contributed by atoms with Crippen LogP contribution in [0.4, 0.5) is 9.18 Å². The van der Waals surface area contributed by atoms with Crippen LogP contribution in [0, 0.1) is 17.7 Å². The van der Waals surface area contributed by atoms with E-state index in [1.165, 1.54) is 35.2 Å². The summed E-state index contributed by atoms with van der Waals surface area (Å²) >= 11 is 0. The van der Waals surface area contributed by atoms with Gasteiger partial charge in [-0.1, -0.05) is 66.6 Å². The van der Waals surface area contributed by atoms with Crippen LogP contribution in [0.1, 0.15) is 34.8 Å². The van der Waals surface area contributed by atoms with E-state index in [-0.39, 0.29) is 35.2 Å². The summed E-state index contributed by atoms with van der Waals surface area (Å²) in [7, 11) is -4.14. The van der Waals surface area contributed by atoms with Crippen molar-refractivity contribution in [3.63, 3.8) is 0 Å². The third-order valence-electron chi connectivity index (χ3n) is 8.02. The second-order valence-electron chi connectivity index (χ2n) is 11.2. The van der Waals surface area contributed by atoms with E-state index in [2.05, 4.69) is 11.8 Å². The van der Waals surface area contributed by atoms with Crippen LogP contribution < -0.4 is 4.74 Å². The summed E-state index contributed by atoms with van der Waals surface area (Å²) in [6.07, 6.45) is 2.98. The van der Waals surface area contributed by atoms with Gasteiger partial charge in [0.15, 0.2) is 6.67 Å². The summed E-state index contributed by atoms with van der Waals surface area (Å²) in [5.41, 5.74) is 1.34. The lowest BCUT2D eigenvalue weighted by molar-refractivity contribution is -0.821. The molecule has 1 N–H and O–H groups in total. The molecule has 4 aromatic carbocycles. The number of quaternary nitrogens is 1. The van der Waals surface area contributed by atoms with Gasteiger partial charge >= 0.3 is 12.0 Å². The average molecular weight is 654 g/mol. The highest BCUT2D eigenvalue weighted by Gasteiger charge is 2.44. The molecule has 0 saturated carbocycles. The first-order valence-corrected chi connectivity index (χ1v) is 16.5. The van der Waals surface area contributed by atoms with Gasteiger partial charge in [-0.2, -0.15) is 0 Å². The first-order valence-electron chi connectivity index (χ1n) is 15.0. The zero-order valence-corrected chi connectivity index (χ0v) is 26.6. The molecule has 47 heavy (non-hydrogen) atoms. The predicted octanol–water partition coefficient (Wildman–Crippen LogP) is 6.68. The van der Waals surface area contributed by atoms with Gasteiger partial charge in [0.1, 0.15) is 36.5 Å². The van der Waals surface area contributed by atoms with Crippen LogP contribution in [-0.2, 0) is 22.8 Å². The van der Waals surface area contributed by atoms with Crippen LogP contribution in [0.25, 0.3) is 0 Å². The number of carboxylic acid groups (broad SMARTS) is 1. The van der Waals surface area contributed by atoms with Crippen LogP contribution in [0.5, 0.6) is 5.75 Å². The molecule has 1 heterocycles. The monoisotopic (exact) mass is 653 g/mol. The van der Waals surface area contributed by atoms with Gasteiger partial charge in [0.25, 0.3) is 0 Å². The minimum atomic E-state index is -4.14. The maximum absolute atomic E-state index is 15.9. The van der Waals surface area contributed by atoms with Crippen molar-refractivity contribution in [2.24, 2.45) is 0 Å². The van der Waals surface area contributed by atoms with E-state index in [1.807, 2.05) is 60.7 Å². The van der Waals surface area contributed by atoms with Crippen LogP contribution in [0.15, 0.2) is 125 Å². The molecule has 0 aromatic heterocycles. The van der Waals surface area contributed by atoms with Gasteiger partial charge in [-0.15, -0.1) is 5.92 Å². The molecule has 240 valence electrons. The van der Waals surface area contributed by atoms with Crippen molar-refractivity contribution in [1.82, 2.24) is 4.90 Å². The molecular weight excluding hydrogens is 619 g/mol. The molecule has 4 aromatic rings. The van der Waals surface area contributed by atoms with Crippen molar-refractivity contribution >= 4 is 21.8 Å². The van der Waals surface area contributed by atoms with E-state index < -0.39 is 38.2 Å². The van der Waals surface area contributed by atoms with E-state index in [1.54, 1.807) is 19.2 Å². The fraction of sp³-hybridized carbons (Fsp3) is 0.189. The quantitative estimate of drug-likeness (QED) is 0.160. The molecule has 1 aliphatic heterocycles.